The third kappa shape index (κ3) is 4.96. The molecule has 1 aromatic heterocycles. The first-order chi connectivity index (χ1) is 13.3. The van der Waals surface area contributed by atoms with Gasteiger partial charge in [-0.05, 0) is 30.7 Å². The second-order valence-corrected chi connectivity index (χ2v) is 6.92. The summed E-state index contributed by atoms with van der Waals surface area (Å²) in [5.41, 5.74) is 1.13. The molecule has 1 amide bonds. The van der Waals surface area contributed by atoms with Crippen LogP contribution in [0, 0.1) is 5.92 Å². The molecule has 1 saturated carbocycles. The van der Waals surface area contributed by atoms with Gasteiger partial charge in [-0.3, -0.25) is 9.59 Å². The van der Waals surface area contributed by atoms with E-state index < -0.39 is 23.8 Å². The van der Waals surface area contributed by atoms with E-state index >= 15 is 0 Å². The highest BCUT2D eigenvalue weighted by Crippen LogP contribution is 2.31. The summed E-state index contributed by atoms with van der Waals surface area (Å²) in [5, 5.41) is 3.35. The summed E-state index contributed by atoms with van der Waals surface area (Å²) < 4.78 is 41.9. The minimum atomic E-state index is -4.69. The first kappa shape index (κ1) is 20.0. The summed E-state index contributed by atoms with van der Waals surface area (Å²) in [6.07, 6.45) is -1.77. The molecule has 1 aliphatic rings. The van der Waals surface area contributed by atoms with Crippen LogP contribution in [0.4, 0.5) is 13.2 Å². The third-order valence-electron chi connectivity index (χ3n) is 4.43. The molecular formula is C19H20F3N3O3. The number of ketones is 1. The predicted octanol–water partition coefficient (Wildman–Crippen LogP) is 3.86. The zero-order valence-electron chi connectivity index (χ0n) is 15.3. The first-order valence-electron chi connectivity index (χ1n) is 9.10. The normalized spacial score (nSPS) is 14.1. The molecule has 9 heteroatoms. The van der Waals surface area contributed by atoms with Crippen LogP contribution >= 0.6 is 0 Å². The number of halogens is 3. The highest BCUT2D eigenvalue weighted by Gasteiger charge is 2.38. The first-order valence-corrected chi connectivity index (χ1v) is 9.10. The van der Waals surface area contributed by atoms with Crippen LogP contribution in [0.15, 0.2) is 28.8 Å². The molecule has 28 heavy (non-hydrogen) atoms. The van der Waals surface area contributed by atoms with Crippen molar-refractivity contribution < 1.29 is 27.3 Å². The van der Waals surface area contributed by atoms with Gasteiger partial charge in [0.15, 0.2) is 0 Å². The molecule has 2 aromatic rings. The van der Waals surface area contributed by atoms with Crippen molar-refractivity contribution in [2.75, 3.05) is 6.54 Å². The Bertz CT molecular complexity index is 842. The van der Waals surface area contributed by atoms with E-state index in [1.54, 1.807) is 29.2 Å². The molecule has 0 atom stereocenters. The van der Waals surface area contributed by atoms with E-state index in [-0.39, 0.29) is 18.8 Å². The molecule has 0 unspecified atom stereocenters. The summed E-state index contributed by atoms with van der Waals surface area (Å²) in [6.45, 7) is 2.65. The van der Waals surface area contributed by atoms with Crippen LogP contribution in [0.5, 0.6) is 0 Å². The monoisotopic (exact) mass is 395 g/mol. The Morgan fingerprint density at radius 3 is 2.43 bits per heavy atom. The van der Waals surface area contributed by atoms with E-state index in [1.807, 2.05) is 6.92 Å². The third-order valence-corrected chi connectivity index (χ3v) is 4.43. The van der Waals surface area contributed by atoms with Crippen molar-refractivity contribution in [1.82, 2.24) is 15.0 Å². The Hall–Kier alpha value is -2.71. The van der Waals surface area contributed by atoms with E-state index in [0.29, 0.717) is 24.4 Å². The quantitative estimate of drug-likeness (QED) is 0.635. The van der Waals surface area contributed by atoms with Crippen LogP contribution in [-0.2, 0) is 22.3 Å². The van der Waals surface area contributed by atoms with Crippen molar-refractivity contribution in [3.63, 3.8) is 0 Å². The fourth-order valence-electron chi connectivity index (χ4n) is 2.78. The van der Waals surface area contributed by atoms with E-state index in [0.717, 1.165) is 18.4 Å². The lowest BCUT2D eigenvalue weighted by Gasteiger charge is -2.22. The van der Waals surface area contributed by atoms with Gasteiger partial charge in [0.25, 0.3) is 5.91 Å². The zero-order chi connectivity index (χ0) is 20.3. The Morgan fingerprint density at radius 2 is 1.89 bits per heavy atom. The van der Waals surface area contributed by atoms with Gasteiger partial charge in [0.1, 0.15) is 0 Å². The maximum atomic E-state index is 12.6. The lowest BCUT2D eigenvalue weighted by atomic mass is 10.1. The minimum Gasteiger partial charge on any atom is -0.332 e. The molecule has 0 aliphatic heterocycles. The van der Waals surface area contributed by atoms with Crippen LogP contribution in [0.3, 0.4) is 0 Å². The number of benzene rings is 1. The van der Waals surface area contributed by atoms with Crippen LogP contribution in [0.2, 0.25) is 0 Å². The number of aromatic nitrogens is 2. The second kappa shape index (κ2) is 8.12. The molecule has 1 heterocycles. The zero-order valence-corrected chi connectivity index (χ0v) is 15.3. The molecule has 0 saturated heterocycles. The van der Waals surface area contributed by atoms with Crippen molar-refractivity contribution in [3.8, 4) is 11.4 Å². The van der Waals surface area contributed by atoms with Crippen LogP contribution in [0.1, 0.15) is 44.1 Å². The van der Waals surface area contributed by atoms with Gasteiger partial charge in [0.05, 0.1) is 0 Å². The molecule has 6 nitrogen and oxygen atoms in total. The Kier molecular flexibility index (Phi) is 5.81. The van der Waals surface area contributed by atoms with Crippen molar-refractivity contribution >= 4 is 11.7 Å². The number of nitrogens with zero attached hydrogens (tertiary/aromatic N) is 3. The van der Waals surface area contributed by atoms with Crippen molar-refractivity contribution in [2.24, 2.45) is 5.92 Å². The topological polar surface area (TPSA) is 76.3 Å². The smallest absolute Gasteiger partial charge is 0.332 e. The van der Waals surface area contributed by atoms with Crippen LogP contribution < -0.4 is 0 Å². The van der Waals surface area contributed by atoms with E-state index in [1.165, 1.54) is 0 Å². The molecule has 1 aliphatic carbocycles. The number of Topliss-reactive ketones (excluding diaryl/α,β-unsaturated/α-hetero) is 1. The number of carbonyl (C=O) groups excluding carboxylic acids is 2. The molecule has 0 N–H and O–H groups in total. The molecule has 0 radical (unpaired) electrons. The predicted molar refractivity (Wildman–Crippen MR) is 92.8 cm³/mol. The van der Waals surface area contributed by atoms with Gasteiger partial charge in [0.2, 0.25) is 11.6 Å². The number of amides is 1. The van der Waals surface area contributed by atoms with Gasteiger partial charge in [-0.15, -0.1) is 0 Å². The van der Waals surface area contributed by atoms with E-state index in [9.17, 15) is 22.8 Å². The maximum absolute atomic E-state index is 12.6. The molecule has 1 aromatic carbocycles. The molecule has 0 bridgehead atoms. The van der Waals surface area contributed by atoms with E-state index in [2.05, 4.69) is 14.7 Å². The van der Waals surface area contributed by atoms with Crippen LogP contribution in [0.25, 0.3) is 11.4 Å². The lowest BCUT2D eigenvalue weighted by molar-refractivity contribution is -0.159. The minimum absolute atomic E-state index is 0.164. The Balaban J connectivity index is 1.71. The Morgan fingerprint density at radius 1 is 1.21 bits per heavy atom. The standard InChI is InChI=1S/C19H20F3N3O3/c1-2-3-15(26)17(27)25(10-12-4-5-12)11-13-6-8-14(9-7-13)16-23-18(28-24-16)19(20,21)22/h6-9,12H,2-5,10-11H2,1H3. The molecular weight excluding hydrogens is 375 g/mol. The van der Waals surface area contributed by atoms with Gasteiger partial charge < -0.3 is 9.42 Å². The van der Waals surface area contributed by atoms with Crippen LogP contribution in [-0.4, -0.2) is 33.3 Å². The fraction of sp³-hybridized carbons (Fsp3) is 0.474. The average Bonchev–Trinajstić information content (AvgIpc) is 3.31. The highest BCUT2D eigenvalue weighted by molar-refractivity contribution is 6.36. The van der Waals surface area contributed by atoms with Gasteiger partial charge >= 0.3 is 12.1 Å². The van der Waals surface area contributed by atoms with Gasteiger partial charge in [-0.1, -0.05) is 36.3 Å². The average molecular weight is 395 g/mol. The van der Waals surface area contributed by atoms with Crippen molar-refractivity contribution in [3.05, 3.63) is 35.7 Å². The molecule has 0 spiro atoms. The number of carbonyl (C=O) groups is 2. The summed E-state index contributed by atoms with van der Waals surface area (Å²) in [6, 6.07) is 6.48. The lowest BCUT2D eigenvalue weighted by Crippen LogP contribution is -2.37. The molecule has 3 rings (SSSR count). The SMILES string of the molecule is CCCC(=O)C(=O)N(Cc1ccc(-c2noc(C(F)(F)F)n2)cc1)CC1CC1. The number of hydrogen-bond acceptors (Lipinski definition) is 5. The van der Waals surface area contributed by atoms with E-state index in [4.69, 9.17) is 0 Å². The van der Waals surface area contributed by atoms with Crippen molar-refractivity contribution in [1.29, 1.82) is 0 Å². The number of rotatable bonds is 8. The molecule has 1 fully saturated rings. The van der Waals surface area contributed by atoms with Gasteiger partial charge in [0, 0.05) is 25.1 Å². The fourth-order valence-corrected chi connectivity index (χ4v) is 2.78. The van der Waals surface area contributed by atoms with Crippen molar-refractivity contribution in [2.45, 2.75) is 45.3 Å². The summed E-state index contributed by atoms with van der Waals surface area (Å²) in [4.78, 5) is 29.3. The molecule has 150 valence electrons. The second-order valence-electron chi connectivity index (χ2n) is 6.92. The summed E-state index contributed by atoms with van der Waals surface area (Å²) in [7, 11) is 0. The van der Waals surface area contributed by atoms with Gasteiger partial charge in [-0.2, -0.15) is 18.2 Å². The Labute approximate surface area is 159 Å². The number of hydrogen-bond donors (Lipinski definition) is 0. The largest absolute Gasteiger partial charge is 0.471 e. The van der Waals surface area contributed by atoms with Gasteiger partial charge in [-0.25, -0.2) is 0 Å². The maximum Gasteiger partial charge on any atom is 0.471 e. The highest BCUT2D eigenvalue weighted by atomic mass is 19.4. The summed E-state index contributed by atoms with van der Waals surface area (Å²) in [5.74, 6) is -2.01. The summed E-state index contributed by atoms with van der Waals surface area (Å²) >= 11 is 0. The number of alkyl halides is 3.